The predicted molar refractivity (Wildman–Crippen MR) is 94.7 cm³/mol. The fourth-order valence-electron chi connectivity index (χ4n) is 2.79. The van der Waals surface area contributed by atoms with Gasteiger partial charge in [-0.1, -0.05) is 31.9 Å². The molecule has 1 amide bonds. The molecule has 1 N–H and O–H groups in total. The van der Waals surface area contributed by atoms with E-state index in [1.165, 1.54) is 12.8 Å². The molecule has 2 aromatic heterocycles. The molecule has 0 aliphatic heterocycles. The van der Waals surface area contributed by atoms with Gasteiger partial charge in [0.2, 0.25) is 0 Å². The Morgan fingerprint density at radius 1 is 1.17 bits per heavy atom. The number of imidazole rings is 1. The van der Waals surface area contributed by atoms with E-state index in [4.69, 9.17) is 0 Å². The molecule has 0 saturated heterocycles. The second-order valence-electron chi connectivity index (χ2n) is 5.80. The molecule has 0 bridgehead atoms. The summed E-state index contributed by atoms with van der Waals surface area (Å²) in [5, 5.41) is 2.94. The Kier molecular flexibility index (Phi) is 5.21. The molecule has 0 atom stereocenters. The molecule has 0 radical (unpaired) electrons. The molecule has 1 aromatic carbocycles. The number of carbonyl (C=O) groups excluding carboxylic acids is 1. The van der Waals surface area contributed by atoms with Crippen LogP contribution in [0.3, 0.4) is 0 Å². The molecule has 3 rings (SSSR count). The average molecular weight is 322 g/mol. The van der Waals surface area contributed by atoms with E-state index < -0.39 is 0 Å². The zero-order chi connectivity index (χ0) is 16.8. The SMILES string of the molecule is CCCCCn1c(CNC(=O)c2cccnc2)nc2ccccc21. The number of pyridine rings is 1. The van der Waals surface area contributed by atoms with Gasteiger partial charge >= 0.3 is 0 Å². The van der Waals surface area contributed by atoms with Crippen LogP contribution < -0.4 is 5.32 Å². The summed E-state index contributed by atoms with van der Waals surface area (Å²) in [6.07, 6.45) is 6.71. The molecule has 2 heterocycles. The van der Waals surface area contributed by atoms with Gasteiger partial charge in [0.05, 0.1) is 23.1 Å². The van der Waals surface area contributed by atoms with Gasteiger partial charge in [-0.05, 0) is 30.7 Å². The molecule has 5 nitrogen and oxygen atoms in total. The maximum absolute atomic E-state index is 12.2. The van der Waals surface area contributed by atoms with E-state index in [0.717, 1.165) is 29.8 Å². The van der Waals surface area contributed by atoms with E-state index in [0.29, 0.717) is 12.1 Å². The lowest BCUT2D eigenvalue weighted by molar-refractivity contribution is 0.0949. The first kappa shape index (κ1) is 16.2. The fourth-order valence-corrected chi connectivity index (χ4v) is 2.79. The van der Waals surface area contributed by atoms with Crippen LogP contribution in [0, 0.1) is 0 Å². The molecule has 24 heavy (non-hydrogen) atoms. The number of aryl methyl sites for hydroxylation is 1. The summed E-state index contributed by atoms with van der Waals surface area (Å²) < 4.78 is 2.22. The molecule has 0 fully saturated rings. The Morgan fingerprint density at radius 3 is 2.83 bits per heavy atom. The van der Waals surface area contributed by atoms with Crippen LogP contribution in [-0.2, 0) is 13.1 Å². The fraction of sp³-hybridized carbons (Fsp3) is 0.316. The number of unbranched alkanes of at least 4 members (excludes halogenated alkanes) is 2. The molecule has 0 spiro atoms. The molecule has 0 saturated carbocycles. The first-order valence-electron chi connectivity index (χ1n) is 8.42. The molecular weight excluding hydrogens is 300 g/mol. The van der Waals surface area contributed by atoms with Crippen molar-refractivity contribution in [3.05, 3.63) is 60.2 Å². The quantitative estimate of drug-likeness (QED) is 0.677. The Balaban J connectivity index is 1.77. The number of aromatic nitrogens is 3. The minimum atomic E-state index is -0.129. The summed E-state index contributed by atoms with van der Waals surface area (Å²) >= 11 is 0. The van der Waals surface area contributed by atoms with Crippen LogP contribution >= 0.6 is 0 Å². The maximum Gasteiger partial charge on any atom is 0.253 e. The lowest BCUT2D eigenvalue weighted by Gasteiger charge is -2.10. The topological polar surface area (TPSA) is 59.8 Å². The van der Waals surface area contributed by atoms with E-state index in [-0.39, 0.29) is 5.91 Å². The van der Waals surface area contributed by atoms with Crippen LogP contribution in [0.15, 0.2) is 48.8 Å². The van der Waals surface area contributed by atoms with E-state index in [2.05, 4.69) is 32.8 Å². The predicted octanol–water partition coefficient (Wildman–Crippen LogP) is 3.55. The van der Waals surface area contributed by atoms with E-state index in [1.54, 1.807) is 24.5 Å². The van der Waals surface area contributed by atoms with Gasteiger partial charge in [0.15, 0.2) is 0 Å². The van der Waals surface area contributed by atoms with Gasteiger partial charge < -0.3 is 9.88 Å². The third-order valence-corrected chi connectivity index (χ3v) is 4.05. The van der Waals surface area contributed by atoms with E-state index in [9.17, 15) is 4.79 Å². The number of hydrogen-bond donors (Lipinski definition) is 1. The number of amides is 1. The van der Waals surface area contributed by atoms with Gasteiger partial charge in [-0.25, -0.2) is 4.98 Å². The summed E-state index contributed by atoms with van der Waals surface area (Å²) in [5.41, 5.74) is 2.66. The van der Waals surface area contributed by atoms with Gasteiger partial charge in [-0.3, -0.25) is 9.78 Å². The third-order valence-electron chi connectivity index (χ3n) is 4.05. The van der Waals surface area contributed by atoms with Gasteiger partial charge in [0, 0.05) is 18.9 Å². The Labute approximate surface area is 141 Å². The van der Waals surface area contributed by atoms with Crippen molar-refractivity contribution in [1.29, 1.82) is 0 Å². The summed E-state index contributed by atoms with van der Waals surface area (Å²) in [5.74, 6) is 0.764. The summed E-state index contributed by atoms with van der Waals surface area (Å²) in [6, 6.07) is 11.6. The summed E-state index contributed by atoms with van der Waals surface area (Å²) in [4.78, 5) is 20.9. The maximum atomic E-state index is 12.2. The molecule has 3 aromatic rings. The normalized spacial score (nSPS) is 10.9. The number of carbonyl (C=O) groups is 1. The average Bonchev–Trinajstić information content (AvgIpc) is 2.98. The van der Waals surface area contributed by atoms with Gasteiger partial charge in [-0.2, -0.15) is 0 Å². The Bertz CT molecular complexity index is 811. The largest absolute Gasteiger partial charge is 0.345 e. The van der Waals surface area contributed by atoms with Crippen LogP contribution in [-0.4, -0.2) is 20.4 Å². The third kappa shape index (κ3) is 3.62. The molecule has 124 valence electrons. The Hall–Kier alpha value is -2.69. The number of benzene rings is 1. The van der Waals surface area contributed by atoms with E-state index >= 15 is 0 Å². The summed E-state index contributed by atoms with van der Waals surface area (Å²) in [7, 11) is 0. The first-order chi connectivity index (χ1) is 11.8. The van der Waals surface area contributed by atoms with Crippen molar-refractivity contribution in [2.24, 2.45) is 0 Å². The molecular formula is C19H22N4O. The van der Waals surface area contributed by atoms with Crippen LogP contribution in [0.25, 0.3) is 11.0 Å². The van der Waals surface area contributed by atoms with E-state index in [1.807, 2.05) is 18.2 Å². The second kappa shape index (κ2) is 7.73. The van der Waals surface area contributed by atoms with Crippen molar-refractivity contribution in [3.8, 4) is 0 Å². The van der Waals surface area contributed by atoms with Gasteiger partial charge in [0.25, 0.3) is 5.91 Å². The van der Waals surface area contributed by atoms with Crippen molar-refractivity contribution in [2.75, 3.05) is 0 Å². The van der Waals surface area contributed by atoms with Gasteiger partial charge in [-0.15, -0.1) is 0 Å². The summed E-state index contributed by atoms with van der Waals surface area (Å²) in [6.45, 7) is 3.53. The van der Waals surface area contributed by atoms with Gasteiger partial charge in [0.1, 0.15) is 5.82 Å². The standard InChI is InChI=1S/C19H22N4O/c1-2-3-6-12-23-17-10-5-4-9-16(17)22-18(23)14-21-19(24)15-8-7-11-20-13-15/h4-5,7-11,13H,2-3,6,12,14H2,1H3,(H,21,24). The Morgan fingerprint density at radius 2 is 2.04 bits per heavy atom. The number of nitrogens with one attached hydrogen (secondary N) is 1. The highest BCUT2D eigenvalue weighted by Gasteiger charge is 2.12. The highest BCUT2D eigenvalue weighted by atomic mass is 16.1. The molecule has 0 aliphatic rings. The number of nitrogens with zero attached hydrogens (tertiary/aromatic N) is 3. The minimum Gasteiger partial charge on any atom is -0.345 e. The monoisotopic (exact) mass is 322 g/mol. The van der Waals surface area contributed by atoms with Crippen LogP contribution in [0.2, 0.25) is 0 Å². The van der Waals surface area contributed by atoms with Crippen LogP contribution in [0.5, 0.6) is 0 Å². The van der Waals surface area contributed by atoms with Crippen molar-refractivity contribution in [1.82, 2.24) is 19.9 Å². The number of rotatable bonds is 7. The highest BCUT2D eigenvalue weighted by Crippen LogP contribution is 2.17. The highest BCUT2D eigenvalue weighted by molar-refractivity contribution is 5.93. The van der Waals surface area contributed by atoms with Crippen LogP contribution in [0.4, 0.5) is 0 Å². The number of fused-ring (bicyclic) bond motifs is 1. The lowest BCUT2D eigenvalue weighted by Crippen LogP contribution is -2.24. The number of para-hydroxylation sites is 2. The zero-order valence-electron chi connectivity index (χ0n) is 13.9. The first-order valence-corrected chi connectivity index (χ1v) is 8.42. The molecule has 0 aliphatic carbocycles. The molecule has 5 heteroatoms. The molecule has 0 unspecified atom stereocenters. The van der Waals surface area contributed by atoms with Crippen molar-refractivity contribution in [2.45, 2.75) is 39.3 Å². The van der Waals surface area contributed by atoms with Crippen molar-refractivity contribution in [3.63, 3.8) is 0 Å². The van der Waals surface area contributed by atoms with Crippen molar-refractivity contribution < 1.29 is 4.79 Å². The number of hydrogen-bond acceptors (Lipinski definition) is 3. The lowest BCUT2D eigenvalue weighted by atomic mass is 10.2. The van der Waals surface area contributed by atoms with Crippen molar-refractivity contribution >= 4 is 16.9 Å². The zero-order valence-corrected chi connectivity index (χ0v) is 13.9. The van der Waals surface area contributed by atoms with Crippen LogP contribution in [0.1, 0.15) is 42.4 Å². The second-order valence-corrected chi connectivity index (χ2v) is 5.80. The minimum absolute atomic E-state index is 0.129. The smallest absolute Gasteiger partial charge is 0.253 e.